The third kappa shape index (κ3) is 5.86. The lowest BCUT2D eigenvalue weighted by molar-refractivity contribution is -0.122. The summed E-state index contributed by atoms with van der Waals surface area (Å²) in [6, 6.07) is 7.81. The number of benzene rings is 1. The Morgan fingerprint density at radius 2 is 2.15 bits per heavy atom. The monoisotopic (exact) mass is 340 g/mol. The number of halogens is 1. The molecule has 0 saturated carbocycles. The fourth-order valence-corrected chi connectivity index (χ4v) is 2.15. The SMILES string of the molecule is C=CCN(CCO)CC(=O)NC(C)c1ccc(Br)cc1. The maximum Gasteiger partial charge on any atom is 0.234 e. The van der Waals surface area contributed by atoms with E-state index in [1.54, 1.807) is 6.08 Å². The minimum Gasteiger partial charge on any atom is -0.395 e. The number of aliphatic hydroxyl groups is 1. The number of aliphatic hydroxyl groups excluding tert-OH is 1. The molecular weight excluding hydrogens is 320 g/mol. The largest absolute Gasteiger partial charge is 0.395 e. The molecule has 1 aromatic carbocycles. The topological polar surface area (TPSA) is 52.6 Å². The van der Waals surface area contributed by atoms with Gasteiger partial charge in [0.1, 0.15) is 0 Å². The Kier molecular flexibility index (Phi) is 7.51. The summed E-state index contributed by atoms with van der Waals surface area (Å²) in [7, 11) is 0. The second-order valence-corrected chi connectivity index (χ2v) is 5.50. The first-order valence-corrected chi connectivity index (χ1v) is 7.35. The number of hydrogen-bond acceptors (Lipinski definition) is 3. The Morgan fingerprint density at radius 3 is 2.70 bits per heavy atom. The van der Waals surface area contributed by atoms with Crippen LogP contribution in [0.4, 0.5) is 0 Å². The number of rotatable bonds is 8. The van der Waals surface area contributed by atoms with Crippen LogP contribution in [-0.4, -0.2) is 42.2 Å². The van der Waals surface area contributed by atoms with Gasteiger partial charge in [-0.3, -0.25) is 9.69 Å². The third-order valence-corrected chi connectivity index (χ3v) is 3.45. The maximum absolute atomic E-state index is 12.0. The summed E-state index contributed by atoms with van der Waals surface area (Å²) in [5.41, 5.74) is 1.05. The molecule has 1 rings (SSSR count). The van der Waals surface area contributed by atoms with Gasteiger partial charge in [-0.05, 0) is 24.6 Å². The Hall–Kier alpha value is -1.17. The standard InChI is InChI=1S/C15H21BrN2O2/c1-3-8-18(9-10-19)11-15(20)17-12(2)13-4-6-14(16)7-5-13/h3-7,12,19H,1,8-11H2,2H3,(H,17,20). The highest BCUT2D eigenvalue weighted by molar-refractivity contribution is 9.10. The highest BCUT2D eigenvalue weighted by atomic mass is 79.9. The fraction of sp³-hybridized carbons (Fsp3) is 0.400. The molecule has 1 aromatic rings. The number of amides is 1. The molecule has 110 valence electrons. The van der Waals surface area contributed by atoms with Crippen molar-refractivity contribution in [3.8, 4) is 0 Å². The van der Waals surface area contributed by atoms with Crippen molar-refractivity contribution in [2.24, 2.45) is 0 Å². The molecule has 0 radical (unpaired) electrons. The fourth-order valence-electron chi connectivity index (χ4n) is 1.88. The number of nitrogens with one attached hydrogen (secondary N) is 1. The molecule has 0 aliphatic carbocycles. The molecule has 0 aliphatic rings. The molecule has 2 N–H and O–H groups in total. The van der Waals surface area contributed by atoms with Gasteiger partial charge in [-0.1, -0.05) is 34.1 Å². The Labute approximate surface area is 128 Å². The quantitative estimate of drug-likeness (QED) is 0.712. The van der Waals surface area contributed by atoms with Gasteiger partial charge in [0.2, 0.25) is 5.91 Å². The van der Waals surface area contributed by atoms with Gasteiger partial charge in [0, 0.05) is 17.6 Å². The molecule has 0 heterocycles. The molecule has 0 aliphatic heterocycles. The summed E-state index contributed by atoms with van der Waals surface area (Å²) >= 11 is 3.39. The lowest BCUT2D eigenvalue weighted by Crippen LogP contribution is -2.39. The average Bonchev–Trinajstić information content (AvgIpc) is 2.39. The van der Waals surface area contributed by atoms with Crippen molar-refractivity contribution in [1.82, 2.24) is 10.2 Å². The summed E-state index contributed by atoms with van der Waals surface area (Å²) in [4.78, 5) is 13.8. The van der Waals surface area contributed by atoms with E-state index in [0.717, 1.165) is 10.0 Å². The van der Waals surface area contributed by atoms with Gasteiger partial charge in [0.15, 0.2) is 0 Å². The Bertz CT molecular complexity index is 434. The van der Waals surface area contributed by atoms with E-state index in [9.17, 15) is 4.79 Å². The van der Waals surface area contributed by atoms with Crippen molar-refractivity contribution in [2.75, 3.05) is 26.2 Å². The zero-order valence-corrected chi connectivity index (χ0v) is 13.3. The van der Waals surface area contributed by atoms with Crippen LogP contribution in [0.15, 0.2) is 41.4 Å². The third-order valence-electron chi connectivity index (χ3n) is 2.92. The first-order valence-electron chi connectivity index (χ1n) is 6.55. The first kappa shape index (κ1) is 16.9. The van der Waals surface area contributed by atoms with Crippen LogP contribution in [0.1, 0.15) is 18.5 Å². The summed E-state index contributed by atoms with van der Waals surface area (Å²) in [6.45, 7) is 6.93. The van der Waals surface area contributed by atoms with Crippen LogP contribution in [0, 0.1) is 0 Å². The van der Waals surface area contributed by atoms with Crippen LogP contribution in [0.2, 0.25) is 0 Å². The van der Waals surface area contributed by atoms with Crippen LogP contribution < -0.4 is 5.32 Å². The Balaban J connectivity index is 2.51. The van der Waals surface area contributed by atoms with Crippen molar-refractivity contribution >= 4 is 21.8 Å². The van der Waals surface area contributed by atoms with Crippen LogP contribution in [-0.2, 0) is 4.79 Å². The normalized spacial score (nSPS) is 12.2. The maximum atomic E-state index is 12.0. The molecule has 5 heteroatoms. The lowest BCUT2D eigenvalue weighted by Gasteiger charge is -2.21. The van der Waals surface area contributed by atoms with Crippen molar-refractivity contribution in [3.63, 3.8) is 0 Å². The Morgan fingerprint density at radius 1 is 1.50 bits per heavy atom. The van der Waals surface area contributed by atoms with E-state index in [2.05, 4.69) is 27.8 Å². The molecule has 0 saturated heterocycles. The van der Waals surface area contributed by atoms with E-state index in [0.29, 0.717) is 13.1 Å². The van der Waals surface area contributed by atoms with Crippen molar-refractivity contribution < 1.29 is 9.90 Å². The van der Waals surface area contributed by atoms with E-state index < -0.39 is 0 Å². The van der Waals surface area contributed by atoms with E-state index in [1.807, 2.05) is 36.1 Å². The van der Waals surface area contributed by atoms with Gasteiger partial charge in [-0.25, -0.2) is 0 Å². The molecule has 4 nitrogen and oxygen atoms in total. The van der Waals surface area contributed by atoms with Crippen LogP contribution in [0.3, 0.4) is 0 Å². The number of carbonyl (C=O) groups is 1. The van der Waals surface area contributed by atoms with Crippen molar-refractivity contribution in [1.29, 1.82) is 0 Å². The van der Waals surface area contributed by atoms with E-state index in [1.165, 1.54) is 0 Å². The van der Waals surface area contributed by atoms with E-state index >= 15 is 0 Å². The summed E-state index contributed by atoms with van der Waals surface area (Å²) in [6.07, 6.45) is 1.72. The number of nitrogens with zero attached hydrogens (tertiary/aromatic N) is 1. The van der Waals surface area contributed by atoms with E-state index in [-0.39, 0.29) is 25.1 Å². The second-order valence-electron chi connectivity index (χ2n) is 4.59. The minimum absolute atomic E-state index is 0.0311. The zero-order chi connectivity index (χ0) is 15.0. The predicted octanol–water partition coefficient (Wildman–Crippen LogP) is 2.11. The highest BCUT2D eigenvalue weighted by Crippen LogP contribution is 2.16. The molecule has 0 aromatic heterocycles. The molecule has 0 spiro atoms. The summed E-state index contributed by atoms with van der Waals surface area (Å²) in [5, 5.41) is 11.9. The lowest BCUT2D eigenvalue weighted by atomic mass is 10.1. The van der Waals surface area contributed by atoms with Crippen LogP contribution in [0.5, 0.6) is 0 Å². The smallest absolute Gasteiger partial charge is 0.234 e. The highest BCUT2D eigenvalue weighted by Gasteiger charge is 2.12. The first-order chi connectivity index (χ1) is 9.56. The van der Waals surface area contributed by atoms with Crippen LogP contribution >= 0.6 is 15.9 Å². The van der Waals surface area contributed by atoms with Crippen LogP contribution in [0.25, 0.3) is 0 Å². The van der Waals surface area contributed by atoms with E-state index in [4.69, 9.17) is 5.11 Å². The molecule has 1 atom stereocenters. The molecular formula is C15H21BrN2O2. The van der Waals surface area contributed by atoms with Gasteiger partial charge in [-0.15, -0.1) is 6.58 Å². The summed E-state index contributed by atoms with van der Waals surface area (Å²) in [5.74, 6) is -0.0595. The van der Waals surface area contributed by atoms with Gasteiger partial charge < -0.3 is 10.4 Å². The molecule has 0 bridgehead atoms. The number of carbonyl (C=O) groups excluding carboxylic acids is 1. The average molecular weight is 341 g/mol. The van der Waals surface area contributed by atoms with Gasteiger partial charge in [-0.2, -0.15) is 0 Å². The van der Waals surface area contributed by atoms with Gasteiger partial charge >= 0.3 is 0 Å². The zero-order valence-electron chi connectivity index (χ0n) is 11.7. The molecule has 1 amide bonds. The van der Waals surface area contributed by atoms with Gasteiger partial charge in [0.25, 0.3) is 0 Å². The van der Waals surface area contributed by atoms with Crippen molar-refractivity contribution in [3.05, 3.63) is 47.0 Å². The van der Waals surface area contributed by atoms with Crippen molar-refractivity contribution in [2.45, 2.75) is 13.0 Å². The number of hydrogen-bond donors (Lipinski definition) is 2. The second kappa shape index (κ2) is 8.89. The van der Waals surface area contributed by atoms with Gasteiger partial charge in [0.05, 0.1) is 19.2 Å². The molecule has 0 fully saturated rings. The minimum atomic E-state index is -0.0595. The molecule has 1 unspecified atom stereocenters. The summed E-state index contributed by atoms with van der Waals surface area (Å²) < 4.78 is 1.01. The molecule has 20 heavy (non-hydrogen) atoms. The predicted molar refractivity (Wildman–Crippen MR) is 84.4 cm³/mol.